The molecule has 0 aliphatic rings. The second-order valence-corrected chi connectivity index (χ2v) is 6.96. The third kappa shape index (κ3) is 5.66. The number of anilines is 2. The number of nitro groups is 1. The summed E-state index contributed by atoms with van der Waals surface area (Å²) in [4.78, 5) is 10.8. The summed E-state index contributed by atoms with van der Waals surface area (Å²) in [6.07, 6.45) is 0.849. The van der Waals surface area contributed by atoms with Gasteiger partial charge in [0, 0.05) is 22.8 Å². The molecular weight excluding hydrogens is 410 g/mol. The Labute approximate surface area is 178 Å². The van der Waals surface area contributed by atoms with E-state index in [4.69, 9.17) is 28.6 Å². The van der Waals surface area contributed by atoms with Crippen molar-refractivity contribution in [1.29, 1.82) is 0 Å². The van der Waals surface area contributed by atoms with Gasteiger partial charge in [-0.25, -0.2) is 0 Å². The van der Waals surface area contributed by atoms with E-state index >= 15 is 0 Å². The molecular formula is C21H18ClN3O3S. The van der Waals surface area contributed by atoms with Gasteiger partial charge >= 0.3 is 0 Å². The van der Waals surface area contributed by atoms with E-state index in [1.54, 1.807) is 30.3 Å². The maximum absolute atomic E-state index is 11.3. The smallest absolute Gasteiger partial charge is 0.275 e. The van der Waals surface area contributed by atoms with Gasteiger partial charge in [0.25, 0.3) is 5.69 Å². The zero-order chi connectivity index (χ0) is 20.8. The number of halogens is 1. The third-order valence-electron chi connectivity index (χ3n) is 4.06. The lowest BCUT2D eigenvalue weighted by molar-refractivity contribution is -0.384. The molecule has 3 aromatic carbocycles. The predicted octanol–water partition coefficient (Wildman–Crippen LogP) is 6.41. The monoisotopic (exact) mass is 427 g/mol. The number of nitro benzene ring substituents is 1. The Morgan fingerprint density at radius 1 is 1.07 bits per heavy atom. The average Bonchev–Trinajstić information content (AvgIpc) is 2.70. The first-order valence-electron chi connectivity index (χ1n) is 8.83. The van der Waals surface area contributed by atoms with E-state index < -0.39 is 4.92 Å². The van der Waals surface area contributed by atoms with Crippen molar-refractivity contribution in [1.82, 2.24) is 0 Å². The van der Waals surface area contributed by atoms with Crippen LogP contribution in [0.15, 0.2) is 66.7 Å². The first-order chi connectivity index (χ1) is 13.9. The zero-order valence-corrected chi connectivity index (χ0v) is 17.1. The summed E-state index contributed by atoms with van der Waals surface area (Å²) in [5.74, 6) is 0.819. The van der Waals surface area contributed by atoms with E-state index in [0.717, 1.165) is 17.7 Å². The second-order valence-electron chi connectivity index (χ2n) is 6.12. The summed E-state index contributed by atoms with van der Waals surface area (Å²) in [7, 11) is 0. The molecule has 0 aromatic heterocycles. The van der Waals surface area contributed by atoms with Crippen molar-refractivity contribution >= 4 is 46.0 Å². The molecule has 0 unspecified atom stereocenters. The molecule has 0 amide bonds. The Morgan fingerprint density at radius 3 is 2.48 bits per heavy atom. The number of nitrogens with one attached hydrogen (secondary N) is 2. The summed E-state index contributed by atoms with van der Waals surface area (Å²) in [5, 5.41) is 18.3. The van der Waals surface area contributed by atoms with Gasteiger partial charge in [-0.2, -0.15) is 0 Å². The van der Waals surface area contributed by atoms with E-state index in [2.05, 4.69) is 17.6 Å². The predicted molar refractivity (Wildman–Crippen MR) is 120 cm³/mol. The largest absolute Gasteiger partial charge is 0.457 e. The summed E-state index contributed by atoms with van der Waals surface area (Å²) in [5.41, 5.74) is 2.32. The van der Waals surface area contributed by atoms with Crippen molar-refractivity contribution in [2.45, 2.75) is 13.3 Å². The molecule has 29 heavy (non-hydrogen) atoms. The molecule has 0 heterocycles. The lowest BCUT2D eigenvalue weighted by Gasteiger charge is -2.14. The van der Waals surface area contributed by atoms with Crippen LogP contribution in [0.2, 0.25) is 5.02 Å². The number of aryl methyl sites for hydroxylation is 1. The van der Waals surface area contributed by atoms with E-state index in [-0.39, 0.29) is 5.69 Å². The van der Waals surface area contributed by atoms with Crippen LogP contribution in [0.5, 0.6) is 11.5 Å². The Balaban J connectivity index is 1.80. The molecule has 3 rings (SSSR count). The van der Waals surface area contributed by atoms with Gasteiger partial charge in [-0.15, -0.1) is 0 Å². The van der Waals surface area contributed by atoms with Crippen LogP contribution in [0.25, 0.3) is 0 Å². The SMILES string of the molecule is CCc1ccccc1NC(=S)Nc1cc(Oc2ccc(Cl)cc2)cc([N+](=O)[O-])c1. The lowest BCUT2D eigenvalue weighted by atomic mass is 10.1. The summed E-state index contributed by atoms with van der Waals surface area (Å²) >= 11 is 11.3. The van der Waals surface area contributed by atoms with Crippen LogP contribution < -0.4 is 15.4 Å². The second kappa shape index (κ2) is 9.36. The van der Waals surface area contributed by atoms with Crippen LogP contribution in [0.1, 0.15) is 12.5 Å². The molecule has 0 saturated heterocycles. The van der Waals surface area contributed by atoms with Crippen LogP contribution in [-0.4, -0.2) is 10.0 Å². The highest BCUT2D eigenvalue weighted by molar-refractivity contribution is 7.80. The first kappa shape index (κ1) is 20.6. The highest BCUT2D eigenvalue weighted by atomic mass is 35.5. The van der Waals surface area contributed by atoms with Gasteiger partial charge in [0.2, 0.25) is 0 Å². The van der Waals surface area contributed by atoms with Gasteiger partial charge in [0.15, 0.2) is 5.11 Å². The number of non-ortho nitro benzene ring substituents is 1. The van der Waals surface area contributed by atoms with Crippen LogP contribution in [0.3, 0.4) is 0 Å². The van der Waals surface area contributed by atoms with E-state index in [9.17, 15) is 10.1 Å². The maximum Gasteiger partial charge on any atom is 0.275 e. The number of rotatable bonds is 6. The van der Waals surface area contributed by atoms with Gasteiger partial charge in [-0.3, -0.25) is 10.1 Å². The molecule has 0 aliphatic carbocycles. The Hall–Kier alpha value is -3.16. The summed E-state index contributed by atoms with van der Waals surface area (Å²) in [6, 6.07) is 18.9. The number of benzene rings is 3. The number of para-hydroxylation sites is 1. The third-order valence-corrected chi connectivity index (χ3v) is 4.51. The lowest BCUT2D eigenvalue weighted by Crippen LogP contribution is -2.20. The van der Waals surface area contributed by atoms with Crippen LogP contribution in [0.4, 0.5) is 17.1 Å². The molecule has 0 aliphatic heterocycles. The fraction of sp³-hybridized carbons (Fsp3) is 0.0952. The fourth-order valence-corrected chi connectivity index (χ4v) is 3.05. The van der Waals surface area contributed by atoms with Crippen molar-refractivity contribution in [3.05, 3.63) is 87.4 Å². The molecule has 0 radical (unpaired) electrons. The van der Waals surface area contributed by atoms with E-state index in [0.29, 0.717) is 27.3 Å². The minimum Gasteiger partial charge on any atom is -0.457 e. The Morgan fingerprint density at radius 2 is 1.79 bits per heavy atom. The van der Waals surface area contributed by atoms with Crippen LogP contribution >= 0.6 is 23.8 Å². The number of hydrogen-bond donors (Lipinski definition) is 2. The fourth-order valence-electron chi connectivity index (χ4n) is 2.69. The van der Waals surface area contributed by atoms with E-state index in [1.165, 1.54) is 12.1 Å². The van der Waals surface area contributed by atoms with Crippen molar-refractivity contribution in [2.24, 2.45) is 0 Å². The summed E-state index contributed by atoms with van der Waals surface area (Å²) < 4.78 is 5.73. The quantitative estimate of drug-likeness (QED) is 0.269. The minimum absolute atomic E-state index is 0.115. The molecule has 6 nitrogen and oxygen atoms in total. The zero-order valence-electron chi connectivity index (χ0n) is 15.5. The Kier molecular flexibility index (Phi) is 6.64. The highest BCUT2D eigenvalue weighted by Crippen LogP contribution is 2.30. The van der Waals surface area contributed by atoms with Gasteiger partial charge < -0.3 is 15.4 Å². The minimum atomic E-state index is -0.483. The molecule has 0 saturated carbocycles. The van der Waals surface area contributed by atoms with Crippen LogP contribution in [-0.2, 0) is 6.42 Å². The van der Waals surface area contributed by atoms with Gasteiger partial charge in [0.1, 0.15) is 11.5 Å². The average molecular weight is 428 g/mol. The number of thiocarbonyl (C=S) groups is 1. The molecule has 0 fully saturated rings. The van der Waals surface area contributed by atoms with Crippen molar-refractivity contribution < 1.29 is 9.66 Å². The Bertz CT molecular complexity index is 1040. The summed E-state index contributed by atoms with van der Waals surface area (Å²) in [6.45, 7) is 2.05. The van der Waals surface area contributed by atoms with Gasteiger partial charge in [-0.05, 0) is 54.5 Å². The topological polar surface area (TPSA) is 76.4 Å². The van der Waals surface area contributed by atoms with E-state index in [1.807, 2.05) is 24.3 Å². The van der Waals surface area contributed by atoms with Crippen molar-refractivity contribution in [3.63, 3.8) is 0 Å². The van der Waals surface area contributed by atoms with Crippen molar-refractivity contribution in [3.8, 4) is 11.5 Å². The van der Waals surface area contributed by atoms with Gasteiger partial charge in [-0.1, -0.05) is 36.7 Å². The van der Waals surface area contributed by atoms with Crippen LogP contribution in [0, 0.1) is 10.1 Å². The molecule has 3 aromatic rings. The number of ether oxygens (including phenoxy) is 1. The molecule has 2 N–H and O–H groups in total. The molecule has 0 spiro atoms. The molecule has 148 valence electrons. The van der Waals surface area contributed by atoms with Gasteiger partial charge in [0.05, 0.1) is 16.7 Å². The first-order valence-corrected chi connectivity index (χ1v) is 9.62. The maximum atomic E-state index is 11.3. The number of hydrogen-bond acceptors (Lipinski definition) is 4. The standard InChI is InChI=1S/C21H18ClN3O3S/c1-2-14-5-3-4-6-20(14)24-21(29)23-16-11-17(25(26)27)13-19(12-16)28-18-9-7-15(22)8-10-18/h3-13H,2H2,1H3,(H2,23,24,29). The molecule has 0 bridgehead atoms. The van der Waals surface area contributed by atoms with Crippen molar-refractivity contribution in [2.75, 3.05) is 10.6 Å². The normalized spacial score (nSPS) is 10.3. The molecule has 8 heteroatoms. The molecule has 0 atom stereocenters. The highest BCUT2D eigenvalue weighted by Gasteiger charge is 2.13. The number of nitrogens with zero attached hydrogens (tertiary/aromatic N) is 1.